The molecule has 38 heavy (non-hydrogen) atoms. The Labute approximate surface area is 227 Å². The van der Waals surface area contributed by atoms with Crippen LogP contribution in [0.4, 0.5) is 4.79 Å². The summed E-state index contributed by atoms with van der Waals surface area (Å²) in [6.07, 6.45) is 1.87. The maximum atomic E-state index is 13.0. The number of carbonyl (C=O) groups is 1. The molecule has 1 amide bonds. The molecule has 4 rings (SSSR count). The first kappa shape index (κ1) is 28.9. The van der Waals surface area contributed by atoms with Gasteiger partial charge in [-0.15, -0.1) is 0 Å². The number of aromatic nitrogens is 2. The average Bonchev–Trinajstić information content (AvgIpc) is 3.04. The van der Waals surface area contributed by atoms with E-state index in [-0.39, 0.29) is 17.9 Å². The van der Waals surface area contributed by atoms with E-state index in [1.807, 2.05) is 40.0 Å². The predicted molar refractivity (Wildman–Crippen MR) is 152 cm³/mol. The molecular weight excluding hydrogens is 500 g/mol. The van der Waals surface area contributed by atoms with Gasteiger partial charge in [-0.3, -0.25) is 14.0 Å². The second-order valence-corrected chi connectivity index (χ2v) is 18.6. The molecule has 1 aliphatic heterocycles. The van der Waals surface area contributed by atoms with Gasteiger partial charge in [-0.25, -0.2) is 9.59 Å². The third-order valence-corrected chi connectivity index (χ3v) is 9.16. The van der Waals surface area contributed by atoms with Crippen LogP contribution >= 0.6 is 0 Å². The molecule has 9 nitrogen and oxygen atoms in total. The summed E-state index contributed by atoms with van der Waals surface area (Å²) in [6, 6.07) is 7.30. The van der Waals surface area contributed by atoms with Gasteiger partial charge in [-0.05, 0) is 57.2 Å². The van der Waals surface area contributed by atoms with Crippen molar-refractivity contribution in [1.82, 2.24) is 18.9 Å². The Bertz CT molecular complexity index is 1160. The van der Waals surface area contributed by atoms with Gasteiger partial charge < -0.3 is 19.1 Å². The van der Waals surface area contributed by atoms with Crippen molar-refractivity contribution in [2.45, 2.75) is 83.7 Å². The SMILES string of the molecule is Cn1c(=O)n(COCC[Si](C)(C)C)c2cccc(C3CC(OCN4CCN(C(=O)OC(C)(C)C)CC4)C3)c21. The number of benzene rings is 1. The number of carbonyl (C=O) groups excluding carboxylic acids is 1. The lowest BCUT2D eigenvalue weighted by Crippen LogP contribution is -2.51. The number of ether oxygens (including phenoxy) is 3. The molecule has 1 saturated carbocycles. The van der Waals surface area contributed by atoms with Crippen LogP contribution in [0, 0.1) is 0 Å². The highest BCUT2D eigenvalue weighted by atomic mass is 28.3. The normalized spacial score (nSPS) is 21.1. The van der Waals surface area contributed by atoms with Crippen LogP contribution in [0.2, 0.25) is 25.7 Å². The number of rotatable bonds is 9. The largest absolute Gasteiger partial charge is 0.444 e. The van der Waals surface area contributed by atoms with Crippen molar-refractivity contribution in [1.29, 1.82) is 0 Å². The molecular formula is C28H46N4O5Si. The zero-order chi connectivity index (χ0) is 27.7. The molecule has 1 aliphatic carbocycles. The van der Waals surface area contributed by atoms with Gasteiger partial charge >= 0.3 is 11.8 Å². The maximum absolute atomic E-state index is 13.0. The Hall–Kier alpha value is -2.14. The number of hydrogen-bond acceptors (Lipinski definition) is 6. The van der Waals surface area contributed by atoms with Crippen molar-refractivity contribution >= 4 is 25.2 Å². The Balaban J connectivity index is 1.27. The molecule has 0 atom stereocenters. The molecule has 0 unspecified atom stereocenters. The molecule has 0 radical (unpaired) electrons. The van der Waals surface area contributed by atoms with Crippen LogP contribution in [-0.2, 0) is 28.0 Å². The highest BCUT2D eigenvalue weighted by molar-refractivity contribution is 6.76. The molecule has 212 valence electrons. The van der Waals surface area contributed by atoms with Crippen LogP contribution in [0.5, 0.6) is 0 Å². The lowest BCUT2D eigenvalue weighted by Gasteiger charge is -2.39. The number of piperazine rings is 1. The van der Waals surface area contributed by atoms with Crippen molar-refractivity contribution in [2.75, 3.05) is 39.5 Å². The summed E-state index contributed by atoms with van der Waals surface area (Å²) >= 11 is 0. The van der Waals surface area contributed by atoms with Crippen LogP contribution in [0.25, 0.3) is 11.0 Å². The van der Waals surface area contributed by atoms with E-state index in [1.54, 1.807) is 14.0 Å². The second kappa shape index (κ2) is 11.5. The van der Waals surface area contributed by atoms with E-state index in [0.717, 1.165) is 43.0 Å². The Morgan fingerprint density at radius 1 is 1.05 bits per heavy atom. The van der Waals surface area contributed by atoms with E-state index >= 15 is 0 Å². The van der Waals surface area contributed by atoms with Crippen molar-refractivity contribution in [3.8, 4) is 0 Å². The van der Waals surface area contributed by atoms with Crippen molar-refractivity contribution in [2.24, 2.45) is 7.05 Å². The highest BCUT2D eigenvalue weighted by Gasteiger charge is 2.34. The third kappa shape index (κ3) is 7.08. The lowest BCUT2D eigenvalue weighted by molar-refractivity contribution is -0.0742. The van der Waals surface area contributed by atoms with Gasteiger partial charge in [0.05, 0.1) is 23.9 Å². The molecule has 0 bridgehead atoms. The fourth-order valence-electron chi connectivity index (χ4n) is 5.05. The Morgan fingerprint density at radius 2 is 1.74 bits per heavy atom. The van der Waals surface area contributed by atoms with Crippen LogP contribution in [0.1, 0.15) is 45.1 Å². The minimum Gasteiger partial charge on any atom is -0.444 e. The molecule has 10 heteroatoms. The van der Waals surface area contributed by atoms with Gasteiger partial charge in [0.2, 0.25) is 0 Å². The second-order valence-electron chi connectivity index (χ2n) is 13.0. The minimum absolute atomic E-state index is 0.0295. The quantitative estimate of drug-likeness (QED) is 0.342. The van der Waals surface area contributed by atoms with Crippen molar-refractivity contribution in [3.05, 3.63) is 34.2 Å². The van der Waals surface area contributed by atoms with Gasteiger partial charge in [0.1, 0.15) is 12.3 Å². The topological polar surface area (TPSA) is 78.2 Å². The molecule has 2 aliphatic rings. The molecule has 0 spiro atoms. The molecule has 1 aromatic heterocycles. The van der Waals surface area contributed by atoms with Gasteiger partial charge in [0.15, 0.2) is 0 Å². The summed E-state index contributed by atoms with van der Waals surface area (Å²) in [5.74, 6) is 0.377. The number of fused-ring (bicyclic) bond motifs is 1. The summed E-state index contributed by atoms with van der Waals surface area (Å²) in [7, 11) is 0.685. The van der Waals surface area contributed by atoms with Crippen molar-refractivity contribution < 1.29 is 19.0 Å². The molecule has 0 N–H and O–H groups in total. The molecule has 2 heterocycles. The number of hydrogen-bond donors (Lipinski definition) is 0. The van der Waals surface area contributed by atoms with E-state index in [9.17, 15) is 9.59 Å². The fraction of sp³-hybridized carbons (Fsp3) is 0.714. The van der Waals surface area contributed by atoms with E-state index in [2.05, 4.69) is 30.6 Å². The fourth-order valence-corrected chi connectivity index (χ4v) is 5.81. The van der Waals surface area contributed by atoms with Gasteiger partial charge in [-0.2, -0.15) is 0 Å². The minimum atomic E-state index is -1.17. The third-order valence-electron chi connectivity index (χ3n) is 7.46. The zero-order valence-electron chi connectivity index (χ0n) is 24.3. The maximum Gasteiger partial charge on any atom is 0.410 e. The van der Waals surface area contributed by atoms with Crippen molar-refractivity contribution in [3.63, 3.8) is 0 Å². The number of imidazole rings is 1. The van der Waals surface area contributed by atoms with Gasteiger partial charge in [0.25, 0.3) is 0 Å². The molecule has 2 fully saturated rings. The summed E-state index contributed by atoms with van der Waals surface area (Å²) < 4.78 is 21.1. The summed E-state index contributed by atoms with van der Waals surface area (Å²) in [4.78, 5) is 29.3. The van der Waals surface area contributed by atoms with E-state index in [4.69, 9.17) is 14.2 Å². The average molecular weight is 547 g/mol. The first-order chi connectivity index (χ1) is 17.8. The van der Waals surface area contributed by atoms with E-state index in [0.29, 0.717) is 39.1 Å². The summed E-state index contributed by atoms with van der Waals surface area (Å²) in [5.41, 5.74) is 2.66. The molecule has 2 aromatic rings. The van der Waals surface area contributed by atoms with E-state index in [1.165, 1.54) is 5.56 Å². The lowest BCUT2D eigenvalue weighted by atomic mass is 9.77. The number of nitrogens with zero attached hydrogens (tertiary/aromatic N) is 4. The monoisotopic (exact) mass is 546 g/mol. The number of para-hydroxylation sites is 1. The standard InChI is InChI=1S/C28H46N4O5Si/c1-28(2,3)37-27(34)31-13-11-30(12-14-31)19-36-22-17-21(18-22)23-9-8-10-24-25(23)29(4)26(33)32(24)20-35-15-16-38(5,6)7/h8-10,21-22H,11-20H2,1-7H3. The number of aryl methyl sites for hydroxylation is 1. The molecule has 1 aromatic carbocycles. The number of amides is 1. The van der Waals surface area contributed by atoms with Crippen LogP contribution in [0.15, 0.2) is 23.0 Å². The van der Waals surface area contributed by atoms with Gasteiger partial charge in [-0.1, -0.05) is 31.8 Å². The van der Waals surface area contributed by atoms with Crippen LogP contribution in [0.3, 0.4) is 0 Å². The van der Waals surface area contributed by atoms with E-state index < -0.39 is 13.7 Å². The smallest absolute Gasteiger partial charge is 0.410 e. The zero-order valence-corrected chi connectivity index (χ0v) is 25.3. The Morgan fingerprint density at radius 3 is 2.37 bits per heavy atom. The first-order valence-electron chi connectivity index (χ1n) is 13.9. The summed E-state index contributed by atoms with van der Waals surface area (Å²) in [5, 5.41) is 0. The highest BCUT2D eigenvalue weighted by Crippen LogP contribution is 2.41. The first-order valence-corrected chi connectivity index (χ1v) is 17.6. The van der Waals surface area contributed by atoms with Crippen LogP contribution < -0.4 is 5.69 Å². The summed E-state index contributed by atoms with van der Waals surface area (Å²) in [6.45, 7) is 17.1. The predicted octanol–water partition coefficient (Wildman–Crippen LogP) is 4.43. The van der Waals surface area contributed by atoms with Gasteiger partial charge in [0, 0.05) is 47.9 Å². The Kier molecular flexibility index (Phi) is 8.76. The van der Waals surface area contributed by atoms with Crippen LogP contribution in [-0.4, -0.2) is 84.3 Å². The molecule has 1 saturated heterocycles.